The van der Waals surface area contributed by atoms with Gasteiger partial charge < -0.3 is 5.73 Å². The van der Waals surface area contributed by atoms with Gasteiger partial charge in [0.15, 0.2) is 0 Å². The number of halogens is 3. The number of alkyl halides is 3. The second-order valence-electron chi connectivity index (χ2n) is 2.00. The van der Waals surface area contributed by atoms with Crippen LogP contribution in [0, 0.1) is 0 Å². The van der Waals surface area contributed by atoms with Crippen molar-refractivity contribution in [2.45, 2.75) is 5.51 Å². The lowest BCUT2D eigenvalue weighted by atomic mass is 10.8. The molecule has 0 saturated heterocycles. The first-order valence-corrected chi connectivity index (χ1v) is 6.05. The fourth-order valence-electron chi connectivity index (χ4n) is 0.149. The predicted octanol–water partition coefficient (Wildman–Crippen LogP) is -0.773. The van der Waals surface area contributed by atoms with Crippen LogP contribution in [0.1, 0.15) is 0 Å². The maximum atomic E-state index is 10.7. The lowest BCUT2D eigenvalue weighted by molar-refractivity contribution is -0.0510. The van der Waals surface area contributed by atoms with Crippen LogP contribution in [-0.2, 0) is 20.2 Å². The Balaban J connectivity index is 0. The van der Waals surface area contributed by atoms with Crippen molar-refractivity contribution in [3.05, 3.63) is 0 Å². The summed E-state index contributed by atoms with van der Waals surface area (Å²) >= 11 is 0. The molecule has 15 heavy (non-hydrogen) atoms. The molecule has 0 heterocycles. The van der Waals surface area contributed by atoms with Crippen LogP contribution in [-0.4, -0.2) is 43.7 Å². The van der Waals surface area contributed by atoms with E-state index in [0.29, 0.717) is 0 Å². The third kappa shape index (κ3) is 11.5. The Bertz CT molecular complexity index is 369. The topological polar surface area (TPSA) is 135 Å². The minimum atomic E-state index is -5.84. The van der Waals surface area contributed by atoms with Gasteiger partial charge >= 0.3 is 15.6 Å². The SMILES string of the molecule is NCCS(=O)(=O)O.O=S(=O)(O)C(F)(F)F. The van der Waals surface area contributed by atoms with Crippen molar-refractivity contribution in [1.82, 2.24) is 0 Å². The minimum Gasteiger partial charge on any atom is -0.329 e. The molecule has 4 N–H and O–H groups in total. The predicted molar refractivity (Wildman–Crippen MR) is 43.1 cm³/mol. The highest BCUT2D eigenvalue weighted by Gasteiger charge is 2.44. The summed E-state index contributed by atoms with van der Waals surface area (Å²) in [5.74, 6) is -0.354. The van der Waals surface area contributed by atoms with Crippen LogP contribution in [0.5, 0.6) is 0 Å². The lowest BCUT2D eigenvalue weighted by Gasteiger charge is -1.97. The Morgan fingerprint density at radius 2 is 1.33 bits per heavy atom. The highest BCUT2D eigenvalue weighted by atomic mass is 32.2. The van der Waals surface area contributed by atoms with Gasteiger partial charge in [-0.25, -0.2) is 0 Å². The first kappa shape index (κ1) is 17.0. The Kier molecular flexibility index (Phi) is 6.34. The van der Waals surface area contributed by atoms with Crippen LogP contribution >= 0.6 is 0 Å². The van der Waals surface area contributed by atoms with Gasteiger partial charge in [-0.15, -0.1) is 0 Å². The van der Waals surface area contributed by atoms with Gasteiger partial charge in [-0.3, -0.25) is 9.11 Å². The monoisotopic (exact) mass is 275 g/mol. The van der Waals surface area contributed by atoms with E-state index in [1.807, 2.05) is 0 Å². The average molecular weight is 275 g/mol. The molecular formula is C3H8F3NO6S2. The van der Waals surface area contributed by atoms with E-state index in [-0.39, 0.29) is 12.3 Å². The minimum absolute atomic E-state index is 0.0289. The van der Waals surface area contributed by atoms with Crippen LogP contribution in [0.15, 0.2) is 0 Å². The quantitative estimate of drug-likeness (QED) is 0.444. The van der Waals surface area contributed by atoms with Crippen molar-refractivity contribution in [2.24, 2.45) is 5.73 Å². The van der Waals surface area contributed by atoms with Gasteiger partial charge in [-0.1, -0.05) is 0 Å². The standard InChI is InChI=1S/C2H7NO3S.CHF3O3S/c3-1-2-7(4,5)6;2-1(3,4)8(5,6)7/h1-3H2,(H,4,5,6);(H,5,6,7). The maximum Gasteiger partial charge on any atom is 0.522 e. The van der Waals surface area contributed by atoms with Gasteiger partial charge in [-0.2, -0.15) is 30.0 Å². The second-order valence-corrected chi connectivity index (χ2v) is 4.98. The molecule has 0 aromatic carbocycles. The molecule has 0 atom stereocenters. The van der Waals surface area contributed by atoms with Crippen LogP contribution in [0.3, 0.4) is 0 Å². The van der Waals surface area contributed by atoms with Crippen LogP contribution < -0.4 is 5.73 Å². The van der Waals surface area contributed by atoms with Gasteiger partial charge in [0, 0.05) is 6.54 Å². The van der Waals surface area contributed by atoms with Crippen molar-refractivity contribution in [2.75, 3.05) is 12.3 Å². The first-order chi connectivity index (χ1) is 6.31. The lowest BCUT2D eigenvalue weighted by Crippen LogP contribution is -2.21. The zero-order valence-corrected chi connectivity index (χ0v) is 8.60. The van der Waals surface area contributed by atoms with Gasteiger partial charge in [0.25, 0.3) is 10.1 Å². The molecule has 0 unspecified atom stereocenters. The number of nitrogens with two attached hydrogens (primary N) is 1. The largest absolute Gasteiger partial charge is 0.522 e. The molecule has 0 amide bonds. The summed E-state index contributed by atoms with van der Waals surface area (Å²) in [5.41, 5.74) is -0.759. The molecule has 0 spiro atoms. The number of hydrogen-bond acceptors (Lipinski definition) is 5. The highest BCUT2D eigenvalue weighted by Crippen LogP contribution is 2.20. The van der Waals surface area contributed by atoms with Gasteiger partial charge in [0.1, 0.15) is 0 Å². The Labute approximate surface area is 83.6 Å². The van der Waals surface area contributed by atoms with E-state index < -0.39 is 25.7 Å². The molecular weight excluding hydrogens is 267 g/mol. The summed E-state index contributed by atoms with van der Waals surface area (Å²) in [6.07, 6.45) is 0. The Morgan fingerprint density at radius 3 is 1.33 bits per heavy atom. The molecule has 0 saturated carbocycles. The van der Waals surface area contributed by atoms with E-state index in [4.69, 9.17) is 23.3 Å². The number of hydrogen-bond donors (Lipinski definition) is 3. The fourth-order valence-corrected chi connectivity index (χ4v) is 0.447. The normalized spacial score (nSPS) is 12.9. The van der Waals surface area contributed by atoms with E-state index in [1.54, 1.807) is 0 Å². The van der Waals surface area contributed by atoms with Crippen molar-refractivity contribution >= 4 is 20.2 Å². The summed E-state index contributed by atoms with van der Waals surface area (Å²) in [6.45, 7) is -0.0289. The average Bonchev–Trinajstić information content (AvgIpc) is 1.79. The van der Waals surface area contributed by atoms with E-state index in [9.17, 15) is 21.6 Å². The van der Waals surface area contributed by atoms with Crippen LogP contribution in [0.25, 0.3) is 0 Å². The summed E-state index contributed by atoms with van der Waals surface area (Å²) in [5, 5.41) is 0. The Hall–Kier alpha value is -0.430. The van der Waals surface area contributed by atoms with Crippen LogP contribution in [0.2, 0.25) is 0 Å². The van der Waals surface area contributed by atoms with E-state index in [0.717, 1.165) is 0 Å². The molecule has 0 bridgehead atoms. The van der Waals surface area contributed by atoms with Crippen LogP contribution in [0.4, 0.5) is 13.2 Å². The molecule has 7 nitrogen and oxygen atoms in total. The molecule has 0 aliphatic rings. The maximum absolute atomic E-state index is 10.7. The molecule has 12 heteroatoms. The van der Waals surface area contributed by atoms with Gasteiger partial charge in [0.05, 0.1) is 5.75 Å². The van der Waals surface area contributed by atoms with Gasteiger partial charge in [-0.05, 0) is 0 Å². The van der Waals surface area contributed by atoms with Gasteiger partial charge in [0.2, 0.25) is 0 Å². The molecule has 0 fully saturated rings. The smallest absolute Gasteiger partial charge is 0.329 e. The Morgan fingerprint density at radius 1 is 1.07 bits per heavy atom. The molecule has 0 rings (SSSR count). The third-order valence-corrected chi connectivity index (χ3v) is 2.00. The molecule has 0 aliphatic heterocycles. The number of rotatable bonds is 2. The molecule has 0 aromatic rings. The van der Waals surface area contributed by atoms with Crippen molar-refractivity contribution in [3.8, 4) is 0 Å². The second kappa shape index (κ2) is 5.60. The molecule has 0 aromatic heterocycles. The van der Waals surface area contributed by atoms with E-state index in [1.165, 1.54) is 0 Å². The summed E-state index contributed by atoms with van der Waals surface area (Å²) in [7, 11) is -9.64. The highest BCUT2D eigenvalue weighted by molar-refractivity contribution is 7.86. The first-order valence-electron chi connectivity index (χ1n) is 3.00. The van der Waals surface area contributed by atoms with Crippen molar-refractivity contribution in [3.63, 3.8) is 0 Å². The fraction of sp³-hybridized carbons (Fsp3) is 1.00. The zero-order chi connectivity index (χ0) is 12.9. The molecule has 94 valence electrons. The van der Waals surface area contributed by atoms with Crippen molar-refractivity contribution in [1.29, 1.82) is 0 Å². The molecule has 0 aliphatic carbocycles. The molecule has 0 radical (unpaired) electrons. The third-order valence-electron chi connectivity index (χ3n) is 0.668. The summed E-state index contributed by atoms with van der Waals surface area (Å²) in [4.78, 5) is 0. The zero-order valence-electron chi connectivity index (χ0n) is 6.97. The summed E-state index contributed by atoms with van der Waals surface area (Å²) in [6, 6.07) is 0. The van der Waals surface area contributed by atoms with Crippen molar-refractivity contribution < 1.29 is 39.1 Å². The van der Waals surface area contributed by atoms with E-state index in [2.05, 4.69) is 0 Å². The van der Waals surface area contributed by atoms with E-state index >= 15 is 0 Å². The summed E-state index contributed by atoms with van der Waals surface area (Å²) < 4.78 is 84.9.